The molecule has 3 nitrogen and oxygen atoms in total. The van der Waals surface area contributed by atoms with Gasteiger partial charge in [0, 0.05) is 11.8 Å². The van der Waals surface area contributed by atoms with E-state index in [-0.39, 0.29) is 4.95 Å². The van der Waals surface area contributed by atoms with Crippen LogP contribution in [0.5, 0.6) is 0 Å². The molecule has 0 bridgehead atoms. The molecular formula is C6H4BrN3. The number of rotatable bonds is 0. The number of hydrogen-bond acceptors (Lipinski definition) is 3. The number of alkyl halides is 1. The fraction of sp³-hybridized carbons (Fsp3) is 0.167. The van der Waals surface area contributed by atoms with E-state index in [2.05, 4.69) is 31.1 Å². The molecule has 0 fully saturated rings. The van der Waals surface area contributed by atoms with Crippen LogP contribution in [0.4, 0.5) is 5.69 Å². The number of halogens is 1. The molecule has 0 aliphatic carbocycles. The average Bonchev–Trinajstić information content (AvgIpc) is 2.34. The Balaban J connectivity index is 2.59. The Bertz CT molecular complexity index is 284. The van der Waals surface area contributed by atoms with Crippen LogP contribution in [0.2, 0.25) is 0 Å². The fourth-order valence-corrected chi connectivity index (χ4v) is 1.34. The number of fused-ring (bicyclic) bond motifs is 1. The van der Waals surface area contributed by atoms with Crippen molar-refractivity contribution in [3.8, 4) is 0 Å². The molecule has 0 amide bonds. The first-order valence-corrected chi connectivity index (χ1v) is 3.78. The van der Waals surface area contributed by atoms with Crippen LogP contribution in [0.3, 0.4) is 0 Å². The summed E-state index contributed by atoms with van der Waals surface area (Å²) in [6.45, 7) is 0. The van der Waals surface area contributed by atoms with Crippen LogP contribution in [-0.4, -0.2) is 4.98 Å². The molecule has 0 saturated heterocycles. The summed E-state index contributed by atoms with van der Waals surface area (Å²) in [4.78, 5) is 3.95. The minimum atomic E-state index is 0.0329. The van der Waals surface area contributed by atoms with Gasteiger partial charge >= 0.3 is 0 Å². The average molecular weight is 198 g/mol. The largest absolute Gasteiger partial charge is 0.262 e. The standard InChI is InChI=1S/C6H4BrN3/c7-6-4-1-2-8-3-5(4)9-10-6/h1-3,6H. The Morgan fingerprint density at radius 3 is 3.20 bits per heavy atom. The van der Waals surface area contributed by atoms with Gasteiger partial charge in [-0.25, -0.2) is 0 Å². The van der Waals surface area contributed by atoms with Gasteiger partial charge in [0.1, 0.15) is 5.69 Å². The Morgan fingerprint density at radius 2 is 2.40 bits per heavy atom. The summed E-state index contributed by atoms with van der Waals surface area (Å²) in [6.07, 6.45) is 3.45. The third kappa shape index (κ3) is 0.759. The van der Waals surface area contributed by atoms with Crippen LogP contribution in [0.25, 0.3) is 0 Å². The van der Waals surface area contributed by atoms with E-state index >= 15 is 0 Å². The van der Waals surface area contributed by atoms with Gasteiger partial charge in [-0.15, -0.1) is 0 Å². The van der Waals surface area contributed by atoms with Crippen molar-refractivity contribution in [1.82, 2.24) is 4.98 Å². The lowest BCUT2D eigenvalue weighted by molar-refractivity contribution is 1.03. The SMILES string of the molecule is BrC1N=Nc2cnccc21. The number of pyridine rings is 1. The quantitative estimate of drug-likeness (QED) is 0.466. The van der Waals surface area contributed by atoms with Gasteiger partial charge in [-0.05, 0) is 6.07 Å². The highest BCUT2D eigenvalue weighted by molar-refractivity contribution is 9.09. The Morgan fingerprint density at radius 1 is 1.50 bits per heavy atom. The van der Waals surface area contributed by atoms with Crippen LogP contribution < -0.4 is 0 Å². The molecule has 10 heavy (non-hydrogen) atoms. The van der Waals surface area contributed by atoms with Crippen molar-refractivity contribution < 1.29 is 0 Å². The van der Waals surface area contributed by atoms with Crippen molar-refractivity contribution >= 4 is 21.6 Å². The summed E-state index contributed by atoms with van der Waals surface area (Å²) in [5.74, 6) is 0. The van der Waals surface area contributed by atoms with Gasteiger partial charge in [-0.3, -0.25) is 4.98 Å². The molecule has 0 aromatic carbocycles. The third-order valence-corrected chi connectivity index (χ3v) is 2.03. The van der Waals surface area contributed by atoms with E-state index in [9.17, 15) is 0 Å². The summed E-state index contributed by atoms with van der Waals surface area (Å²) in [6, 6.07) is 1.91. The maximum atomic E-state index is 3.92. The van der Waals surface area contributed by atoms with Crippen molar-refractivity contribution in [3.05, 3.63) is 24.0 Å². The molecule has 0 N–H and O–H groups in total. The Labute approximate surface area is 66.3 Å². The lowest BCUT2D eigenvalue weighted by Gasteiger charge is -1.94. The van der Waals surface area contributed by atoms with E-state index in [0.717, 1.165) is 11.3 Å². The lowest BCUT2D eigenvalue weighted by Crippen LogP contribution is -1.79. The molecule has 0 radical (unpaired) electrons. The van der Waals surface area contributed by atoms with Crippen molar-refractivity contribution in [3.63, 3.8) is 0 Å². The van der Waals surface area contributed by atoms with Gasteiger partial charge in [0.25, 0.3) is 0 Å². The zero-order chi connectivity index (χ0) is 6.97. The van der Waals surface area contributed by atoms with Gasteiger partial charge in [0.2, 0.25) is 0 Å². The van der Waals surface area contributed by atoms with Crippen molar-refractivity contribution in [2.24, 2.45) is 10.2 Å². The molecule has 2 heterocycles. The van der Waals surface area contributed by atoms with E-state index in [0.29, 0.717) is 0 Å². The predicted molar refractivity (Wildman–Crippen MR) is 40.4 cm³/mol. The molecule has 1 aromatic heterocycles. The summed E-state index contributed by atoms with van der Waals surface area (Å²) in [5.41, 5.74) is 1.96. The van der Waals surface area contributed by atoms with Crippen LogP contribution in [0.1, 0.15) is 10.5 Å². The van der Waals surface area contributed by atoms with Crippen LogP contribution in [0, 0.1) is 0 Å². The molecule has 4 heteroatoms. The highest BCUT2D eigenvalue weighted by Crippen LogP contribution is 2.37. The van der Waals surface area contributed by atoms with Gasteiger partial charge in [-0.2, -0.15) is 10.2 Å². The second-order valence-corrected chi connectivity index (χ2v) is 2.85. The molecule has 1 atom stereocenters. The smallest absolute Gasteiger partial charge is 0.153 e. The van der Waals surface area contributed by atoms with Gasteiger partial charge in [0.15, 0.2) is 4.95 Å². The van der Waals surface area contributed by atoms with Crippen molar-refractivity contribution in [2.75, 3.05) is 0 Å². The highest BCUT2D eigenvalue weighted by atomic mass is 79.9. The maximum Gasteiger partial charge on any atom is 0.153 e. The zero-order valence-corrected chi connectivity index (χ0v) is 6.62. The van der Waals surface area contributed by atoms with E-state index in [1.165, 1.54) is 0 Å². The van der Waals surface area contributed by atoms with Crippen molar-refractivity contribution in [2.45, 2.75) is 4.95 Å². The van der Waals surface area contributed by atoms with E-state index in [1.54, 1.807) is 12.4 Å². The first-order valence-electron chi connectivity index (χ1n) is 2.87. The summed E-state index contributed by atoms with van der Waals surface area (Å²) in [5, 5.41) is 7.80. The number of hydrogen-bond donors (Lipinski definition) is 0. The van der Waals surface area contributed by atoms with Gasteiger partial charge in [-0.1, -0.05) is 15.9 Å². The molecule has 0 spiro atoms. The summed E-state index contributed by atoms with van der Waals surface area (Å²) in [7, 11) is 0. The summed E-state index contributed by atoms with van der Waals surface area (Å²) >= 11 is 3.35. The zero-order valence-electron chi connectivity index (χ0n) is 5.03. The Kier molecular flexibility index (Phi) is 1.27. The fourth-order valence-electron chi connectivity index (χ4n) is 0.857. The number of aromatic nitrogens is 1. The van der Waals surface area contributed by atoms with Crippen LogP contribution >= 0.6 is 15.9 Å². The molecular weight excluding hydrogens is 194 g/mol. The lowest BCUT2D eigenvalue weighted by atomic mass is 10.2. The van der Waals surface area contributed by atoms with E-state index < -0.39 is 0 Å². The topological polar surface area (TPSA) is 37.6 Å². The monoisotopic (exact) mass is 197 g/mol. The third-order valence-electron chi connectivity index (χ3n) is 1.36. The molecule has 2 rings (SSSR count). The van der Waals surface area contributed by atoms with Crippen molar-refractivity contribution in [1.29, 1.82) is 0 Å². The number of azo groups is 1. The molecule has 1 unspecified atom stereocenters. The highest BCUT2D eigenvalue weighted by Gasteiger charge is 2.15. The van der Waals surface area contributed by atoms with Gasteiger partial charge in [0.05, 0.1) is 6.20 Å². The van der Waals surface area contributed by atoms with E-state index in [4.69, 9.17) is 0 Å². The second kappa shape index (κ2) is 2.12. The molecule has 50 valence electrons. The first-order chi connectivity index (χ1) is 4.88. The van der Waals surface area contributed by atoms with E-state index in [1.807, 2.05) is 6.07 Å². The maximum absolute atomic E-state index is 3.92. The Hall–Kier alpha value is -0.770. The van der Waals surface area contributed by atoms with Crippen LogP contribution in [0.15, 0.2) is 28.7 Å². The number of nitrogens with zero attached hydrogens (tertiary/aromatic N) is 3. The van der Waals surface area contributed by atoms with Crippen LogP contribution in [-0.2, 0) is 0 Å². The molecule has 1 aliphatic heterocycles. The minimum Gasteiger partial charge on any atom is -0.262 e. The second-order valence-electron chi connectivity index (χ2n) is 1.99. The minimum absolute atomic E-state index is 0.0329. The molecule has 0 saturated carbocycles. The molecule has 1 aromatic rings. The summed E-state index contributed by atoms with van der Waals surface area (Å²) < 4.78 is 0. The molecule has 1 aliphatic rings. The van der Waals surface area contributed by atoms with Gasteiger partial charge < -0.3 is 0 Å². The predicted octanol–water partition coefficient (Wildman–Crippen LogP) is 2.57. The normalized spacial score (nSPS) is 21.1. The first kappa shape index (κ1) is 5.97.